The number of rotatable bonds is 11. The Morgan fingerprint density at radius 2 is 0.353 bits per heavy atom. The van der Waals surface area contributed by atoms with E-state index in [1.807, 2.05) is 0 Å². The lowest BCUT2D eigenvalue weighted by Crippen LogP contribution is -2.02. The van der Waals surface area contributed by atoms with Crippen molar-refractivity contribution >= 4 is 11.1 Å². The molecule has 0 aliphatic heterocycles. The fourth-order valence-corrected chi connectivity index (χ4v) is 9.94. The third kappa shape index (κ3) is 8.32. The van der Waals surface area contributed by atoms with Gasteiger partial charge in [-0.1, -0.05) is 279 Å². The lowest BCUT2D eigenvalue weighted by Gasteiger charge is -2.29. The van der Waals surface area contributed by atoms with Crippen LogP contribution >= 0.6 is 0 Å². The van der Waals surface area contributed by atoms with Crippen molar-refractivity contribution in [3.63, 3.8) is 0 Å². The van der Waals surface area contributed by atoms with Gasteiger partial charge in [0.05, 0.1) is 0 Å². The summed E-state index contributed by atoms with van der Waals surface area (Å²) in [6.45, 7) is 0. The molecule has 0 amide bonds. The average molecular weight is 865 g/mol. The molecule has 68 heavy (non-hydrogen) atoms. The Labute approximate surface area is 400 Å². The summed E-state index contributed by atoms with van der Waals surface area (Å²) in [6, 6.07) is 106. The predicted molar refractivity (Wildman–Crippen MR) is 289 cm³/mol. The molecule has 0 N–H and O–H groups in total. The highest BCUT2D eigenvalue weighted by atomic mass is 14.3. The highest BCUT2D eigenvalue weighted by molar-refractivity contribution is 6.15. The van der Waals surface area contributed by atoms with E-state index in [0.29, 0.717) is 0 Å². The maximum Gasteiger partial charge on any atom is -0.00137 e. The third-order valence-electron chi connectivity index (χ3n) is 12.9. The Hall–Kier alpha value is -8.84. The predicted octanol–water partition coefficient (Wildman–Crippen LogP) is 18.4. The van der Waals surface area contributed by atoms with Crippen molar-refractivity contribution in [1.29, 1.82) is 0 Å². The van der Waals surface area contributed by atoms with Gasteiger partial charge in [0.25, 0.3) is 0 Å². The van der Waals surface area contributed by atoms with E-state index in [0.717, 1.165) is 33.4 Å². The van der Waals surface area contributed by atoms with Crippen LogP contribution in [0.4, 0.5) is 0 Å². The van der Waals surface area contributed by atoms with Gasteiger partial charge >= 0.3 is 0 Å². The van der Waals surface area contributed by atoms with Crippen LogP contribution in [0.5, 0.6) is 0 Å². The maximum atomic E-state index is 2.42. The fourth-order valence-electron chi connectivity index (χ4n) is 9.94. The van der Waals surface area contributed by atoms with Crippen LogP contribution in [0.15, 0.2) is 291 Å². The largest absolute Gasteiger partial charge is 0.0622 e. The second-order valence-corrected chi connectivity index (χ2v) is 17.1. The molecule has 0 nitrogen and oxygen atoms in total. The van der Waals surface area contributed by atoms with Gasteiger partial charge in [-0.2, -0.15) is 0 Å². The maximum absolute atomic E-state index is 2.42. The zero-order valence-corrected chi connectivity index (χ0v) is 37.7. The first-order chi connectivity index (χ1) is 33.8. The van der Waals surface area contributed by atoms with Crippen LogP contribution in [0, 0.1) is 0 Å². The zero-order chi connectivity index (χ0) is 45.5. The molecule has 0 saturated carbocycles. The van der Waals surface area contributed by atoms with E-state index in [1.54, 1.807) is 0 Å². The van der Waals surface area contributed by atoms with E-state index in [-0.39, 0.29) is 0 Å². The molecule has 11 aromatic rings. The SMILES string of the molecule is c1ccc(C(=C(c2ccccc2)c2cccc(-c3cccc(-c4c(-c5ccccc5)c(-c5ccccc5)c(-c5ccccc5)c(-c5ccccc5)c4-c4ccccc4)c3)c2)c2ccccc2)cc1. The first-order valence-electron chi connectivity index (χ1n) is 23.4. The Bertz CT molecular complexity index is 3320. The van der Waals surface area contributed by atoms with Crippen LogP contribution in [0.25, 0.3) is 89.0 Å². The molecule has 11 aromatic carbocycles. The Morgan fingerprint density at radius 3 is 0.676 bits per heavy atom. The average Bonchev–Trinajstić information content (AvgIpc) is 3.43. The molecular weight excluding hydrogens is 817 g/mol. The highest BCUT2D eigenvalue weighted by Gasteiger charge is 2.29. The van der Waals surface area contributed by atoms with Crippen molar-refractivity contribution in [1.82, 2.24) is 0 Å². The van der Waals surface area contributed by atoms with E-state index in [4.69, 9.17) is 0 Å². The van der Waals surface area contributed by atoms with Gasteiger partial charge in [-0.3, -0.25) is 0 Å². The molecule has 0 unspecified atom stereocenters. The Morgan fingerprint density at radius 1 is 0.147 bits per heavy atom. The van der Waals surface area contributed by atoms with Gasteiger partial charge in [0, 0.05) is 0 Å². The number of hydrogen-bond acceptors (Lipinski definition) is 0. The van der Waals surface area contributed by atoms with Gasteiger partial charge in [-0.15, -0.1) is 0 Å². The second-order valence-electron chi connectivity index (χ2n) is 17.1. The molecular formula is C68H48. The highest BCUT2D eigenvalue weighted by Crippen LogP contribution is 2.56. The first kappa shape index (κ1) is 41.8. The molecule has 0 bridgehead atoms. The van der Waals surface area contributed by atoms with Gasteiger partial charge < -0.3 is 0 Å². The van der Waals surface area contributed by atoms with Crippen molar-refractivity contribution in [3.05, 3.63) is 313 Å². The minimum atomic E-state index is 1.14. The van der Waals surface area contributed by atoms with Gasteiger partial charge in [0.2, 0.25) is 0 Å². The molecule has 0 aliphatic carbocycles. The molecule has 0 aromatic heterocycles. The van der Waals surface area contributed by atoms with Crippen LogP contribution in [0.2, 0.25) is 0 Å². The summed E-state index contributed by atoms with van der Waals surface area (Å²) in [6.07, 6.45) is 0. The minimum absolute atomic E-state index is 1.14. The van der Waals surface area contributed by atoms with Crippen molar-refractivity contribution in [2.45, 2.75) is 0 Å². The van der Waals surface area contributed by atoms with E-state index in [9.17, 15) is 0 Å². The summed E-state index contributed by atoms with van der Waals surface area (Å²) < 4.78 is 0. The normalized spacial score (nSPS) is 10.9. The minimum Gasteiger partial charge on any atom is -0.0622 e. The summed E-state index contributed by atoms with van der Waals surface area (Å²) in [5, 5.41) is 0. The van der Waals surface area contributed by atoms with Crippen LogP contribution in [-0.4, -0.2) is 0 Å². The standard InChI is InChI=1S/C68H48/c1-9-27-49(28-10-1)61(50-29-11-2-12-30-50)62(51-31-13-3-14-32-51)59-45-25-43-57(47-59)58-44-26-46-60(48-58)68-66(55-39-21-7-22-40-55)64(53-35-17-5-18-36-53)63(52-33-15-4-16-34-52)65(54-37-19-6-20-38-54)67(68)56-41-23-8-24-42-56/h1-48H. The number of hydrogen-bond donors (Lipinski definition) is 0. The summed E-state index contributed by atoms with van der Waals surface area (Å²) in [5.74, 6) is 0. The summed E-state index contributed by atoms with van der Waals surface area (Å²) in [5.41, 5.74) is 23.5. The second kappa shape index (κ2) is 19.3. The molecule has 320 valence electrons. The van der Waals surface area contributed by atoms with E-state index < -0.39 is 0 Å². The molecule has 0 fully saturated rings. The molecule has 0 radical (unpaired) electrons. The molecule has 0 heterocycles. The van der Waals surface area contributed by atoms with Crippen LogP contribution in [-0.2, 0) is 0 Å². The van der Waals surface area contributed by atoms with Crippen LogP contribution in [0.3, 0.4) is 0 Å². The van der Waals surface area contributed by atoms with Crippen LogP contribution in [0.1, 0.15) is 22.3 Å². The lowest BCUT2D eigenvalue weighted by molar-refractivity contribution is 1.49. The van der Waals surface area contributed by atoms with E-state index >= 15 is 0 Å². The lowest BCUT2D eigenvalue weighted by atomic mass is 9.74. The molecule has 0 spiro atoms. The van der Waals surface area contributed by atoms with Crippen LogP contribution < -0.4 is 0 Å². The number of benzene rings is 11. The van der Waals surface area contributed by atoms with Gasteiger partial charge in [0.15, 0.2) is 0 Å². The van der Waals surface area contributed by atoms with Gasteiger partial charge in [-0.25, -0.2) is 0 Å². The summed E-state index contributed by atoms with van der Waals surface area (Å²) >= 11 is 0. The molecule has 11 rings (SSSR count). The fraction of sp³-hybridized carbons (Fsp3) is 0. The van der Waals surface area contributed by atoms with E-state index in [2.05, 4.69) is 291 Å². The van der Waals surface area contributed by atoms with Crippen molar-refractivity contribution < 1.29 is 0 Å². The van der Waals surface area contributed by atoms with Gasteiger partial charge in [0.1, 0.15) is 0 Å². The van der Waals surface area contributed by atoms with Crippen molar-refractivity contribution in [3.8, 4) is 77.9 Å². The Balaban J connectivity index is 1.23. The molecule has 0 heteroatoms. The zero-order valence-electron chi connectivity index (χ0n) is 37.7. The Kier molecular flexibility index (Phi) is 11.9. The van der Waals surface area contributed by atoms with Crippen molar-refractivity contribution in [2.24, 2.45) is 0 Å². The monoisotopic (exact) mass is 864 g/mol. The smallest absolute Gasteiger partial charge is 0.00137 e. The molecule has 0 saturated heterocycles. The quantitative estimate of drug-likeness (QED) is 0.114. The van der Waals surface area contributed by atoms with Gasteiger partial charge in [-0.05, 0) is 123 Å². The summed E-state index contributed by atoms with van der Waals surface area (Å²) in [4.78, 5) is 0. The van der Waals surface area contributed by atoms with E-state index in [1.165, 1.54) is 77.9 Å². The molecule has 0 aliphatic rings. The third-order valence-corrected chi connectivity index (χ3v) is 12.9. The van der Waals surface area contributed by atoms with Crippen molar-refractivity contribution in [2.75, 3.05) is 0 Å². The molecule has 0 atom stereocenters. The summed E-state index contributed by atoms with van der Waals surface area (Å²) in [7, 11) is 0. The first-order valence-corrected chi connectivity index (χ1v) is 23.4. The topological polar surface area (TPSA) is 0 Å².